The Labute approximate surface area is 227 Å². The lowest BCUT2D eigenvalue weighted by Crippen LogP contribution is -2.70. The van der Waals surface area contributed by atoms with E-state index >= 15 is 0 Å². The van der Waals surface area contributed by atoms with Crippen molar-refractivity contribution < 1.29 is 0 Å². The molecule has 0 spiro atoms. The molecule has 0 heterocycles. The van der Waals surface area contributed by atoms with E-state index < -0.39 is 8.07 Å². The van der Waals surface area contributed by atoms with E-state index in [9.17, 15) is 0 Å². The molecule has 37 heavy (non-hydrogen) atoms. The minimum absolute atomic E-state index is 0.110. The molecule has 196 valence electrons. The van der Waals surface area contributed by atoms with Crippen LogP contribution in [-0.2, 0) is 6.42 Å². The van der Waals surface area contributed by atoms with Crippen LogP contribution in [0.2, 0.25) is 18.1 Å². The van der Waals surface area contributed by atoms with E-state index in [0.717, 1.165) is 12.8 Å². The maximum Gasteiger partial charge on any atom is 0.0864 e. The van der Waals surface area contributed by atoms with Crippen molar-refractivity contribution in [1.82, 2.24) is 0 Å². The summed E-state index contributed by atoms with van der Waals surface area (Å²) < 4.78 is 0. The zero-order valence-corrected chi connectivity index (χ0v) is 26.1. The molecule has 0 radical (unpaired) electrons. The summed E-state index contributed by atoms with van der Waals surface area (Å²) in [4.78, 5) is 0. The average Bonchev–Trinajstić information content (AvgIpc) is 3.51. The van der Waals surface area contributed by atoms with Crippen LogP contribution in [0, 0.1) is 27.6 Å². The number of allylic oxidation sites excluding steroid dienone is 10. The van der Waals surface area contributed by atoms with Gasteiger partial charge < -0.3 is 0 Å². The van der Waals surface area contributed by atoms with Gasteiger partial charge in [-0.3, -0.25) is 0 Å². The second-order valence-corrected chi connectivity index (χ2v) is 20.1. The quantitative estimate of drug-likeness (QED) is 0.348. The molecule has 3 unspecified atom stereocenters. The molecule has 0 bridgehead atoms. The van der Waals surface area contributed by atoms with Crippen molar-refractivity contribution in [1.29, 1.82) is 0 Å². The second-order valence-electron chi connectivity index (χ2n) is 15.2. The summed E-state index contributed by atoms with van der Waals surface area (Å²) in [7, 11) is -1.96. The van der Waals surface area contributed by atoms with Gasteiger partial charge in [-0.1, -0.05) is 134 Å². The van der Waals surface area contributed by atoms with Gasteiger partial charge in [-0.25, -0.2) is 0 Å². The third kappa shape index (κ3) is 2.61. The van der Waals surface area contributed by atoms with Gasteiger partial charge in [-0.15, -0.1) is 0 Å². The number of rotatable bonds is 2. The third-order valence-electron chi connectivity index (χ3n) is 14.1. The van der Waals surface area contributed by atoms with Gasteiger partial charge in [0.1, 0.15) is 0 Å². The molecule has 1 aromatic carbocycles. The van der Waals surface area contributed by atoms with E-state index in [1.165, 1.54) is 18.4 Å². The highest BCUT2D eigenvalue weighted by molar-refractivity contribution is 6.88. The molecule has 3 atom stereocenters. The van der Waals surface area contributed by atoms with Gasteiger partial charge in [-0.2, -0.15) is 0 Å². The van der Waals surface area contributed by atoms with Crippen LogP contribution in [0.25, 0.3) is 5.57 Å². The number of hydrogen-bond donors (Lipinski definition) is 0. The molecular weight excluding hydrogens is 460 g/mol. The van der Waals surface area contributed by atoms with Gasteiger partial charge in [0.25, 0.3) is 0 Å². The molecule has 1 aromatic rings. The number of fused-ring (bicyclic) bond motifs is 6. The molecule has 0 saturated heterocycles. The summed E-state index contributed by atoms with van der Waals surface area (Å²) in [6.07, 6.45) is 17.0. The van der Waals surface area contributed by atoms with Crippen molar-refractivity contribution >= 4 is 13.6 Å². The lowest BCUT2D eigenvalue weighted by Gasteiger charge is -2.77. The molecule has 0 N–H and O–H groups in total. The minimum Gasteiger partial charge on any atom is -0.0842 e. The normalized spacial score (nSPS) is 34.6. The first-order valence-electron chi connectivity index (χ1n) is 14.8. The summed E-state index contributed by atoms with van der Waals surface area (Å²) in [5.74, 6) is 0.572. The summed E-state index contributed by atoms with van der Waals surface area (Å²) >= 11 is 0. The molecule has 5 aliphatic carbocycles. The first-order chi connectivity index (χ1) is 17.2. The van der Waals surface area contributed by atoms with Crippen LogP contribution in [0.5, 0.6) is 0 Å². The second kappa shape index (κ2) is 7.41. The van der Waals surface area contributed by atoms with Crippen molar-refractivity contribution in [3.8, 4) is 0 Å². The Hall–Kier alpha value is -1.86. The Bertz CT molecular complexity index is 1350. The molecule has 1 heteroatoms. The number of benzene rings is 1. The summed E-state index contributed by atoms with van der Waals surface area (Å²) in [5.41, 5.74) is 10.4. The maximum atomic E-state index is 2.75. The van der Waals surface area contributed by atoms with Gasteiger partial charge in [0.15, 0.2) is 0 Å². The van der Waals surface area contributed by atoms with Crippen molar-refractivity contribution in [2.45, 2.75) is 99.2 Å². The van der Waals surface area contributed by atoms with E-state index in [-0.39, 0.29) is 26.7 Å². The van der Waals surface area contributed by atoms with E-state index in [4.69, 9.17) is 0 Å². The highest BCUT2D eigenvalue weighted by Crippen LogP contribution is 2.84. The molecule has 0 aromatic heterocycles. The Morgan fingerprint density at radius 1 is 0.838 bits per heavy atom. The topological polar surface area (TPSA) is 0 Å². The zero-order valence-electron chi connectivity index (χ0n) is 25.1. The molecule has 5 aliphatic rings. The Morgan fingerprint density at radius 3 is 2.22 bits per heavy atom. The van der Waals surface area contributed by atoms with Crippen LogP contribution in [-0.4, -0.2) is 8.07 Å². The van der Waals surface area contributed by atoms with Crippen LogP contribution in [0.4, 0.5) is 0 Å². The van der Waals surface area contributed by atoms with Crippen LogP contribution < -0.4 is 0 Å². The van der Waals surface area contributed by atoms with Gasteiger partial charge in [0.2, 0.25) is 0 Å². The molecule has 0 aliphatic heterocycles. The smallest absolute Gasteiger partial charge is 0.0842 e. The molecule has 6 rings (SSSR count). The Kier molecular flexibility index (Phi) is 5.09. The Balaban J connectivity index is 1.79. The standard InChI is InChI=1S/C36H48Si/c1-32(2)33(3,4)35(7)29-22-16-15-21-27(29)30-26-20-14-11-17-24(26)23-28(30)31(35)36(8,34(32,5)6)37(9,10)25-18-12-13-19-25/h11-15,17-18,20-21,29H,16,19,22-23H2,1-10H3. The lowest BCUT2D eigenvalue weighted by molar-refractivity contribution is -0.156. The first-order valence-corrected chi connectivity index (χ1v) is 17.8. The van der Waals surface area contributed by atoms with E-state index in [2.05, 4.69) is 123 Å². The van der Waals surface area contributed by atoms with Gasteiger partial charge in [-0.05, 0) is 80.7 Å². The van der Waals surface area contributed by atoms with E-state index in [0.29, 0.717) is 5.92 Å². The molecule has 1 saturated carbocycles. The monoisotopic (exact) mass is 508 g/mol. The van der Waals surface area contributed by atoms with Crippen molar-refractivity contribution in [3.05, 3.63) is 87.7 Å². The molecular formula is C36H48Si. The van der Waals surface area contributed by atoms with Crippen molar-refractivity contribution in [3.63, 3.8) is 0 Å². The first kappa shape index (κ1) is 25.4. The van der Waals surface area contributed by atoms with Gasteiger partial charge in [0, 0.05) is 5.41 Å². The molecule has 0 amide bonds. The van der Waals surface area contributed by atoms with Gasteiger partial charge in [0.05, 0.1) is 8.07 Å². The SMILES string of the molecule is CC12C(=C3Cc4ccccc4C3=C3C=CCCC31)C(C)([Si](C)(C)C1=CC=CC1)C(C)(C)C(C)(C)C2(C)C. The fraction of sp³-hybridized carbons (Fsp3) is 0.556. The molecule has 1 fully saturated rings. The maximum absolute atomic E-state index is 2.75. The predicted octanol–water partition coefficient (Wildman–Crippen LogP) is 10.3. The lowest BCUT2D eigenvalue weighted by atomic mass is 9.32. The number of hydrogen-bond acceptors (Lipinski definition) is 0. The largest absolute Gasteiger partial charge is 0.0864 e. The highest BCUT2D eigenvalue weighted by Gasteiger charge is 2.75. The van der Waals surface area contributed by atoms with Crippen molar-refractivity contribution in [2.75, 3.05) is 0 Å². The fourth-order valence-electron chi connectivity index (χ4n) is 10.3. The summed E-state index contributed by atoms with van der Waals surface area (Å²) in [6.45, 7) is 26.8. The van der Waals surface area contributed by atoms with Crippen LogP contribution >= 0.6 is 0 Å². The molecule has 0 nitrogen and oxygen atoms in total. The van der Waals surface area contributed by atoms with E-state index in [1.807, 2.05) is 5.57 Å². The average molecular weight is 509 g/mol. The van der Waals surface area contributed by atoms with Crippen molar-refractivity contribution in [2.24, 2.45) is 27.6 Å². The minimum atomic E-state index is -1.96. The fourth-order valence-corrected chi connectivity index (χ4v) is 14.9. The van der Waals surface area contributed by atoms with E-state index in [1.54, 1.807) is 27.5 Å². The summed E-state index contributed by atoms with van der Waals surface area (Å²) in [6, 6.07) is 9.34. The van der Waals surface area contributed by atoms with Crippen LogP contribution in [0.1, 0.15) is 85.8 Å². The summed E-state index contributed by atoms with van der Waals surface area (Å²) in [5, 5.41) is 1.87. The predicted molar refractivity (Wildman–Crippen MR) is 163 cm³/mol. The Morgan fingerprint density at radius 2 is 1.54 bits per heavy atom. The van der Waals surface area contributed by atoms with Crippen LogP contribution in [0.3, 0.4) is 0 Å². The highest BCUT2D eigenvalue weighted by atomic mass is 28.3. The zero-order chi connectivity index (χ0) is 26.8. The van der Waals surface area contributed by atoms with Crippen LogP contribution in [0.15, 0.2) is 76.6 Å². The van der Waals surface area contributed by atoms with Gasteiger partial charge >= 0.3 is 0 Å². The third-order valence-corrected chi connectivity index (χ3v) is 19.4.